The predicted octanol–water partition coefficient (Wildman–Crippen LogP) is 4.43. The Morgan fingerprint density at radius 2 is 1.84 bits per heavy atom. The molecule has 0 spiro atoms. The molecule has 0 atom stereocenters. The number of amides is 1. The number of benzene rings is 3. The van der Waals surface area contributed by atoms with Gasteiger partial charge in [-0.05, 0) is 47.8 Å². The molecule has 0 fully saturated rings. The van der Waals surface area contributed by atoms with Crippen LogP contribution in [0.25, 0.3) is 43.9 Å². The summed E-state index contributed by atoms with van der Waals surface area (Å²) in [4.78, 5) is 29.8. The quantitative estimate of drug-likeness (QED) is 0.0897. The van der Waals surface area contributed by atoms with Crippen LogP contribution in [0, 0.1) is 0 Å². The van der Waals surface area contributed by atoms with Crippen LogP contribution in [-0.4, -0.2) is 58.3 Å². The van der Waals surface area contributed by atoms with Gasteiger partial charge in [-0.1, -0.05) is 11.2 Å². The number of nitrogens with zero attached hydrogens (tertiary/aromatic N) is 5. The lowest BCUT2D eigenvalue weighted by Gasteiger charge is -2.19. The summed E-state index contributed by atoms with van der Waals surface area (Å²) in [5.41, 5.74) is 12.1. The van der Waals surface area contributed by atoms with E-state index in [4.69, 9.17) is 9.95 Å². The number of fused-ring (bicyclic) bond motifs is 2. The van der Waals surface area contributed by atoms with Crippen molar-refractivity contribution in [2.75, 3.05) is 46.2 Å². The van der Waals surface area contributed by atoms with Crippen LogP contribution < -0.4 is 20.1 Å². The average Bonchev–Trinajstić information content (AvgIpc) is 2.90. The molecule has 38 heavy (non-hydrogen) atoms. The summed E-state index contributed by atoms with van der Waals surface area (Å²) in [6.07, 6.45) is 0.481. The number of carboxylic acids is 1. The number of nitrogens with one attached hydrogen (secondary N) is 1. The van der Waals surface area contributed by atoms with Crippen molar-refractivity contribution in [3.05, 3.63) is 81.5 Å². The first-order valence-electron chi connectivity index (χ1n) is 12.1. The van der Waals surface area contributed by atoms with Crippen LogP contribution in [0.1, 0.15) is 27.1 Å². The second kappa shape index (κ2) is 11.1. The molecule has 4 rings (SSSR count). The molecule has 1 amide bonds. The van der Waals surface area contributed by atoms with Gasteiger partial charge in [-0.15, -0.1) is 0 Å². The first-order valence-corrected chi connectivity index (χ1v) is 12.1. The maximum atomic E-state index is 12.7. The van der Waals surface area contributed by atoms with Gasteiger partial charge in [0.25, 0.3) is 5.91 Å². The second-order valence-corrected chi connectivity index (χ2v) is 9.26. The number of hydrogen-bond donors (Lipinski definition) is 2. The number of aromatic carboxylic acids is 1. The van der Waals surface area contributed by atoms with Crippen LogP contribution in [0.15, 0.2) is 64.1 Å². The van der Waals surface area contributed by atoms with Gasteiger partial charge >= 0.3 is 5.97 Å². The van der Waals surface area contributed by atoms with Crippen LogP contribution in [0.2, 0.25) is 0 Å². The van der Waals surface area contributed by atoms with E-state index < -0.39 is 11.9 Å². The predicted molar refractivity (Wildman–Crippen MR) is 148 cm³/mol. The molecule has 2 aliphatic rings. The highest BCUT2D eigenvalue weighted by Crippen LogP contribution is 2.42. The molecule has 0 radical (unpaired) electrons. The molecule has 1 aliphatic carbocycles. The maximum Gasteiger partial charge on any atom is 0.336 e. The molecule has 0 aromatic heterocycles. The molecule has 1 heterocycles. The van der Waals surface area contributed by atoms with Crippen molar-refractivity contribution in [1.82, 2.24) is 9.89 Å². The van der Waals surface area contributed by atoms with E-state index in [0.717, 1.165) is 27.6 Å². The van der Waals surface area contributed by atoms with Crippen molar-refractivity contribution < 1.29 is 19.1 Å². The summed E-state index contributed by atoms with van der Waals surface area (Å²) in [6, 6.07) is 16.3. The molecule has 1 aliphatic heterocycles. The van der Waals surface area contributed by atoms with Crippen molar-refractivity contribution in [2.45, 2.75) is 6.42 Å². The molecule has 0 unspecified atom stereocenters. The number of azide groups is 1. The van der Waals surface area contributed by atoms with Crippen molar-refractivity contribution in [3.63, 3.8) is 0 Å². The Morgan fingerprint density at radius 1 is 1.08 bits per heavy atom. The monoisotopic (exact) mass is 513 g/mol. The van der Waals surface area contributed by atoms with Crippen LogP contribution in [0.3, 0.4) is 0 Å². The number of hydrogen-bond acceptors (Lipinski definition) is 5. The van der Waals surface area contributed by atoms with Gasteiger partial charge in [0.1, 0.15) is 25.4 Å². The molecular formula is C28H29N6O4+. The SMILES string of the molecule is CN(C)c1ccc2c(-c3ccc(C(=O)NCCCN=[N+]=[N-])cc3C(=O)O)c3ccc(=[N+](C)C)cc-3oc2c1. The first-order chi connectivity index (χ1) is 18.2. The number of anilines is 1. The lowest BCUT2D eigenvalue weighted by atomic mass is 9.89. The fourth-order valence-corrected chi connectivity index (χ4v) is 4.29. The van der Waals surface area contributed by atoms with Gasteiger partial charge in [0.05, 0.1) is 11.6 Å². The molecule has 10 nitrogen and oxygen atoms in total. The Kier molecular flexibility index (Phi) is 7.64. The number of carbonyl (C=O) groups is 2. The summed E-state index contributed by atoms with van der Waals surface area (Å²) in [7, 11) is 7.76. The van der Waals surface area contributed by atoms with E-state index in [0.29, 0.717) is 29.9 Å². The lowest BCUT2D eigenvalue weighted by Crippen LogP contribution is -2.25. The largest absolute Gasteiger partial charge is 0.478 e. The molecule has 0 saturated carbocycles. The minimum atomic E-state index is -1.14. The highest BCUT2D eigenvalue weighted by atomic mass is 16.4. The zero-order valence-corrected chi connectivity index (χ0v) is 21.7. The zero-order chi connectivity index (χ0) is 27.4. The smallest absolute Gasteiger partial charge is 0.336 e. The molecular weight excluding hydrogens is 484 g/mol. The van der Waals surface area contributed by atoms with Crippen LogP contribution in [0.4, 0.5) is 5.69 Å². The van der Waals surface area contributed by atoms with E-state index in [1.807, 2.05) is 74.1 Å². The van der Waals surface area contributed by atoms with Gasteiger partial charge in [0, 0.05) is 72.0 Å². The van der Waals surface area contributed by atoms with E-state index in [2.05, 4.69) is 15.3 Å². The third-order valence-electron chi connectivity index (χ3n) is 6.29. The lowest BCUT2D eigenvalue weighted by molar-refractivity contribution is 0.0697. The Morgan fingerprint density at radius 3 is 2.53 bits per heavy atom. The third-order valence-corrected chi connectivity index (χ3v) is 6.29. The minimum absolute atomic E-state index is 0.00824. The van der Waals surface area contributed by atoms with Crippen LogP contribution >= 0.6 is 0 Å². The summed E-state index contributed by atoms with van der Waals surface area (Å²) in [6.45, 7) is 0.570. The van der Waals surface area contributed by atoms with Gasteiger partial charge in [0.15, 0.2) is 0 Å². The molecule has 0 saturated heterocycles. The normalized spacial score (nSPS) is 10.7. The van der Waals surface area contributed by atoms with Crippen LogP contribution in [-0.2, 0) is 0 Å². The van der Waals surface area contributed by atoms with Crippen LogP contribution in [0.5, 0.6) is 0 Å². The first kappa shape index (κ1) is 26.2. The van der Waals surface area contributed by atoms with Crippen molar-refractivity contribution in [2.24, 2.45) is 5.11 Å². The Labute approximate surface area is 219 Å². The van der Waals surface area contributed by atoms with Gasteiger partial charge in [0.2, 0.25) is 5.36 Å². The summed E-state index contributed by atoms with van der Waals surface area (Å²) in [5, 5.41) is 18.1. The zero-order valence-electron chi connectivity index (χ0n) is 21.7. The average molecular weight is 514 g/mol. The Bertz CT molecular complexity index is 1630. The third kappa shape index (κ3) is 5.30. The number of carbonyl (C=O) groups excluding carboxylic acids is 1. The summed E-state index contributed by atoms with van der Waals surface area (Å²) >= 11 is 0. The number of rotatable bonds is 8. The standard InChI is InChI=1S/C28H28N6O4/c1-33(2)18-7-10-21-24(15-18)38-25-16-19(34(3)4)8-11-22(25)26(21)20-9-6-17(14-23(20)28(36)37)27(35)30-12-5-13-31-32-29/h6-11,14-16H,5,12-13H2,1-4H3,(H-,30,35,36,37)/p+1. The second-order valence-electron chi connectivity index (χ2n) is 9.26. The topological polar surface area (TPSA) is 135 Å². The van der Waals surface area contributed by atoms with E-state index >= 15 is 0 Å². The van der Waals surface area contributed by atoms with Gasteiger partial charge in [-0.3, -0.25) is 4.79 Å². The molecule has 2 N–H and O–H groups in total. The van der Waals surface area contributed by atoms with E-state index in [9.17, 15) is 14.7 Å². The van der Waals surface area contributed by atoms with Gasteiger partial charge in [-0.2, -0.15) is 0 Å². The van der Waals surface area contributed by atoms with Crippen molar-refractivity contribution in [1.29, 1.82) is 0 Å². The fraction of sp³-hybridized carbons (Fsp3) is 0.250. The number of carboxylic acid groups (broad SMARTS) is 1. The van der Waals surface area contributed by atoms with Crippen molar-refractivity contribution >= 4 is 28.5 Å². The van der Waals surface area contributed by atoms with E-state index in [1.54, 1.807) is 12.1 Å². The Balaban J connectivity index is 1.91. The molecule has 2 aromatic carbocycles. The maximum absolute atomic E-state index is 12.7. The molecule has 194 valence electrons. The van der Waals surface area contributed by atoms with Gasteiger partial charge in [-0.25, -0.2) is 9.37 Å². The molecule has 0 bridgehead atoms. The summed E-state index contributed by atoms with van der Waals surface area (Å²) < 4.78 is 8.30. The van der Waals surface area contributed by atoms with Gasteiger partial charge < -0.3 is 19.7 Å². The Hall–Kier alpha value is -4.82. The van der Waals surface area contributed by atoms with E-state index in [1.165, 1.54) is 6.07 Å². The fourth-order valence-electron chi connectivity index (χ4n) is 4.29. The highest BCUT2D eigenvalue weighted by molar-refractivity contribution is 6.09. The summed E-state index contributed by atoms with van der Waals surface area (Å²) in [5.74, 6) is -0.924. The minimum Gasteiger partial charge on any atom is -0.478 e. The highest BCUT2D eigenvalue weighted by Gasteiger charge is 2.23. The van der Waals surface area contributed by atoms with Crippen molar-refractivity contribution in [3.8, 4) is 22.5 Å². The molecule has 10 heteroatoms. The van der Waals surface area contributed by atoms with E-state index in [-0.39, 0.29) is 17.7 Å². The molecule has 2 aromatic rings.